The monoisotopic (exact) mass is 443 g/mol. The third kappa shape index (κ3) is 4.38. The van der Waals surface area contributed by atoms with Crippen LogP contribution in [0.2, 0.25) is 0 Å². The van der Waals surface area contributed by atoms with Gasteiger partial charge in [-0.1, -0.05) is 18.2 Å². The van der Waals surface area contributed by atoms with E-state index in [-0.39, 0.29) is 15.5 Å². The first-order valence-corrected chi connectivity index (χ1v) is 10.7. The number of sulfonamides is 1. The number of hydrogen-bond acceptors (Lipinski definition) is 4. The first-order valence-electron chi connectivity index (χ1n) is 8.42. The van der Waals surface area contributed by atoms with E-state index in [4.69, 9.17) is 5.11 Å². The van der Waals surface area contributed by atoms with Gasteiger partial charge in [0, 0.05) is 11.2 Å². The van der Waals surface area contributed by atoms with Crippen molar-refractivity contribution >= 4 is 42.4 Å². The second-order valence-corrected chi connectivity index (χ2v) is 9.19. The van der Waals surface area contributed by atoms with E-state index in [1.54, 1.807) is 31.2 Å². The van der Waals surface area contributed by atoms with Crippen LogP contribution in [0.5, 0.6) is 0 Å². The maximum Gasteiger partial charge on any atom is 0.390 e. The van der Waals surface area contributed by atoms with E-state index in [1.807, 2.05) is 0 Å². The largest absolute Gasteiger partial charge is 0.478 e. The van der Waals surface area contributed by atoms with E-state index in [2.05, 4.69) is 0 Å². The van der Waals surface area contributed by atoms with Crippen molar-refractivity contribution in [2.75, 3.05) is 10.8 Å². The van der Waals surface area contributed by atoms with Gasteiger partial charge in [0.15, 0.2) is 0 Å². The number of carboxylic acids is 1. The molecule has 29 heavy (non-hydrogen) atoms. The second-order valence-electron chi connectivity index (χ2n) is 6.30. The number of anilines is 1. The van der Waals surface area contributed by atoms with Crippen LogP contribution in [0.3, 0.4) is 0 Å². The third-order valence-corrected chi connectivity index (χ3v) is 7.56. The predicted molar refractivity (Wildman–Crippen MR) is 105 cm³/mol. The maximum atomic E-state index is 13.2. The number of rotatable bonds is 6. The Hall–Kier alpha value is -2.59. The highest BCUT2D eigenvalue weighted by atomic mass is 32.2. The molecular formula is C19H16F3NO4S2. The van der Waals surface area contributed by atoms with Crippen LogP contribution in [0.4, 0.5) is 18.2 Å². The summed E-state index contributed by atoms with van der Waals surface area (Å²) in [4.78, 5) is 10.7. The zero-order chi connectivity index (χ0) is 21.4. The molecule has 0 atom stereocenters. The van der Waals surface area contributed by atoms with Gasteiger partial charge in [0.1, 0.15) is 5.00 Å². The van der Waals surface area contributed by atoms with Crippen molar-refractivity contribution < 1.29 is 31.5 Å². The number of aromatic carboxylic acids is 1. The summed E-state index contributed by atoms with van der Waals surface area (Å²) in [5.74, 6) is -1.23. The molecule has 0 amide bonds. The molecule has 0 unspecified atom stereocenters. The van der Waals surface area contributed by atoms with Gasteiger partial charge in [-0.25, -0.2) is 13.2 Å². The molecule has 1 aromatic heterocycles. The maximum absolute atomic E-state index is 13.2. The molecule has 10 heteroatoms. The van der Waals surface area contributed by atoms with Gasteiger partial charge in [-0.05, 0) is 48.2 Å². The highest BCUT2D eigenvalue weighted by Crippen LogP contribution is 2.40. The van der Waals surface area contributed by atoms with Gasteiger partial charge in [0.05, 0.1) is 16.9 Å². The smallest absolute Gasteiger partial charge is 0.390 e. The van der Waals surface area contributed by atoms with Crippen molar-refractivity contribution in [3.63, 3.8) is 0 Å². The molecule has 0 aliphatic rings. The van der Waals surface area contributed by atoms with Crippen LogP contribution in [-0.2, 0) is 10.0 Å². The number of hydrogen-bond donors (Lipinski definition) is 1. The average Bonchev–Trinajstić information content (AvgIpc) is 2.97. The summed E-state index contributed by atoms with van der Waals surface area (Å²) in [5, 5.41) is 9.94. The first kappa shape index (κ1) is 21.1. The van der Waals surface area contributed by atoms with Crippen LogP contribution in [0, 0.1) is 6.92 Å². The van der Waals surface area contributed by atoms with Gasteiger partial charge in [-0.15, -0.1) is 11.3 Å². The molecule has 154 valence electrons. The van der Waals surface area contributed by atoms with Crippen molar-refractivity contribution in [1.29, 1.82) is 0 Å². The molecular weight excluding hydrogens is 427 g/mol. The van der Waals surface area contributed by atoms with Gasteiger partial charge >= 0.3 is 12.1 Å². The van der Waals surface area contributed by atoms with E-state index in [0.717, 1.165) is 50.0 Å². The minimum atomic E-state index is -4.54. The lowest BCUT2D eigenvalue weighted by atomic mass is 10.2. The highest BCUT2D eigenvalue weighted by Gasteiger charge is 2.34. The number of fused-ring (bicyclic) bond motifs is 1. The summed E-state index contributed by atoms with van der Waals surface area (Å²) >= 11 is 1.10. The van der Waals surface area contributed by atoms with Crippen molar-refractivity contribution in [1.82, 2.24) is 0 Å². The molecule has 0 aliphatic heterocycles. The number of halogens is 3. The standard InChI is InChI=1S/C19H16F3NO4S2/c1-12-15-4-2-3-5-16(15)28-17(12)23(11-10-19(20,21)22)29(26,27)14-8-6-13(7-9-14)18(24)25/h2-9H,10-11H2,1H3,(H,24,25). The minimum Gasteiger partial charge on any atom is -0.478 e. The second kappa shape index (κ2) is 7.68. The Kier molecular flexibility index (Phi) is 5.59. The number of carboxylic acid groups (broad SMARTS) is 1. The zero-order valence-electron chi connectivity index (χ0n) is 15.1. The quantitative estimate of drug-likeness (QED) is 0.578. The summed E-state index contributed by atoms with van der Waals surface area (Å²) in [6, 6.07) is 11.5. The van der Waals surface area contributed by atoms with Crippen LogP contribution in [0.1, 0.15) is 22.3 Å². The average molecular weight is 443 g/mol. The van der Waals surface area contributed by atoms with Crippen molar-refractivity contribution in [2.45, 2.75) is 24.4 Å². The molecule has 1 heterocycles. The Balaban J connectivity index is 2.11. The topological polar surface area (TPSA) is 74.7 Å². The van der Waals surface area contributed by atoms with E-state index in [1.165, 1.54) is 0 Å². The van der Waals surface area contributed by atoms with Crippen LogP contribution < -0.4 is 4.31 Å². The molecule has 0 bridgehead atoms. The third-order valence-electron chi connectivity index (χ3n) is 4.33. The summed E-state index contributed by atoms with van der Waals surface area (Å²) in [5.41, 5.74) is 0.447. The highest BCUT2D eigenvalue weighted by molar-refractivity contribution is 7.93. The molecule has 0 saturated heterocycles. The lowest BCUT2D eigenvalue weighted by Crippen LogP contribution is -2.34. The lowest BCUT2D eigenvalue weighted by Gasteiger charge is -2.24. The number of benzene rings is 2. The van der Waals surface area contributed by atoms with Crippen molar-refractivity contribution in [2.24, 2.45) is 0 Å². The molecule has 1 N–H and O–H groups in total. The number of nitrogens with zero attached hydrogens (tertiary/aromatic N) is 1. The molecule has 0 spiro atoms. The fraction of sp³-hybridized carbons (Fsp3) is 0.211. The predicted octanol–water partition coefficient (Wildman–Crippen LogP) is 5.06. The van der Waals surface area contributed by atoms with Gasteiger partial charge in [0.25, 0.3) is 10.0 Å². The van der Waals surface area contributed by atoms with Crippen LogP contribution >= 0.6 is 11.3 Å². The minimum absolute atomic E-state index is 0.121. The van der Waals surface area contributed by atoms with Crippen LogP contribution in [-0.4, -0.2) is 32.2 Å². The summed E-state index contributed by atoms with van der Waals surface area (Å²) in [6.45, 7) is 0.887. The summed E-state index contributed by atoms with van der Waals surface area (Å²) < 4.78 is 66.5. The molecule has 3 rings (SSSR count). The Morgan fingerprint density at radius 2 is 1.72 bits per heavy atom. The van der Waals surface area contributed by atoms with E-state index in [9.17, 15) is 26.4 Å². The molecule has 2 aromatic carbocycles. The Morgan fingerprint density at radius 1 is 1.10 bits per heavy atom. The molecule has 0 saturated carbocycles. The fourth-order valence-electron chi connectivity index (χ4n) is 2.86. The SMILES string of the molecule is Cc1c(N(CCC(F)(F)F)S(=O)(=O)c2ccc(C(=O)O)cc2)sc2ccccc12. The Labute approximate surface area is 169 Å². The number of alkyl halides is 3. The molecule has 0 radical (unpaired) electrons. The lowest BCUT2D eigenvalue weighted by molar-refractivity contribution is -0.131. The Morgan fingerprint density at radius 3 is 2.28 bits per heavy atom. The van der Waals surface area contributed by atoms with E-state index < -0.39 is 35.1 Å². The van der Waals surface area contributed by atoms with Crippen LogP contribution in [0.25, 0.3) is 10.1 Å². The van der Waals surface area contributed by atoms with Crippen molar-refractivity contribution in [3.8, 4) is 0 Å². The molecule has 0 aliphatic carbocycles. The Bertz CT molecular complexity index is 1150. The molecule has 3 aromatic rings. The number of thiophene rings is 1. The van der Waals surface area contributed by atoms with Gasteiger partial charge in [0.2, 0.25) is 0 Å². The van der Waals surface area contributed by atoms with E-state index in [0.29, 0.717) is 5.56 Å². The molecule has 5 nitrogen and oxygen atoms in total. The van der Waals surface area contributed by atoms with Gasteiger partial charge < -0.3 is 5.11 Å². The zero-order valence-corrected chi connectivity index (χ0v) is 16.7. The number of aryl methyl sites for hydroxylation is 1. The fourth-order valence-corrected chi connectivity index (χ4v) is 5.82. The summed E-state index contributed by atoms with van der Waals surface area (Å²) in [7, 11) is -4.34. The van der Waals surface area contributed by atoms with Crippen molar-refractivity contribution in [3.05, 3.63) is 59.7 Å². The first-order chi connectivity index (χ1) is 13.5. The van der Waals surface area contributed by atoms with E-state index >= 15 is 0 Å². The van der Waals surface area contributed by atoms with Crippen LogP contribution in [0.15, 0.2) is 53.4 Å². The normalized spacial score (nSPS) is 12.3. The molecule has 0 fully saturated rings. The van der Waals surface area contributed by atoms with Gasteiger partial charge in [-0.3, -0.25) is 4.31 Å². The number of carbonyl (C=O) groups is 1. The van der Waals surface area contributed by atoms with Gasteiger partial charge in [-0.2, -0.15) is 13.2 Å². The summed E-state index contributed by atoms with van der Waals surface area (Å²) in [6.07, 6.45) is -5.85.